The first kappa shape index (κ1) is 16.9. The fraction of sp³-hybridized carbons (Fsp3) is 0.200. The number of aromatic nitrogens is 1. The van der Waals surface area contributed by atoms with Crippen molar-refractivity contribution >= 4 is 22.4 Å². The summed E-state index contributed by atoms with van der Waals surface area (Å²) in [6.45, 7) is 0. The Morgan fingerprint density at radius 2 is 1.88 bits per heavy atom. The second-order valence-electron chi connectivity index (χ2n) is 6.25. The average Bonchev–Trinajstić information content (AvgIpc) is 2.60. The molecular formula is C20H21N3O2. The van der Waals surface area contributed by atoms with Crippen LogP contribution >= 0.6 is 0 Å². The minimum atomic E-state index is -0.132. The molecule has 128 valence electrons. The van der Waals surface area contributed by atoms with Crippen LogP contribution in [-0.4, -0.2) is 29.9 Å². The molecule has 3 aromatic rings. The first-order chi connectivity index (χ1) is 12.0. The molecule has 1 atom stereocenters. The van der Waals surface area contributed by atoms with Crippen LogP contribution in [0.15, 0.2) is 65.6 Å². The Labute approximate surface area is 146 Å². The Hall–Kier alpha value is -2.92. The molecule has 0 saturated carbocycles. The van der Waals surface area contributed by atoms with Crippen LogP contribution in [0.3, 0.4) is 0 Å². The molecule has 1 amide bonds. The van der Waals surface area contributed by atoms with Crippen LogP contribution in [0.2, 0.25) is 0 Å². The van der Waals surface area contributed by atoms with Gasteiger partial charge in [0.15, 0.2) is 0 Å². The van der Waals surface area contributed by atoms with Crippen molar-refractivity contribution in [1.82, 2.24) is 9.88 Å². The number of hydrogen-bond donors (Lipinski definition) is 2. The molecule has 0 radical (unpaired) electrons. The van der Waals surface area contributed by atoms with Crippen LogP contribution in [0, 0.1) is 0 Å². The van der Waals surface area contributed by atoms with E-state index in [0.29, 0.717) is 17.5 Å². The van der Waals surface area contributed by atoms with Gasteiger partial charge in [-0.3, -0.25) is 9.59 Å². The molecule has 5 nitrogen and oxygen atoms in total. The third-order valence-electron chi connectivity index (χ3n) is 4.24. The number of carbonyl (C=O) groups is 1. The van der Waals surface area contributed by atoms with Gasteiger partial charge in [0.25, 0.3) is 5.56 Å². The summed E-state index contributed by atoms with van der Waals surface area (Å²) >= 11 is 0. The lowest BCUT2D eigenvalue weighted by molar-refractivity contribution is -0.117. The largest absolute Gasteiger partial charge is 0.329 e. The number of amides is 1. The van der Waals surface area contributed by atoms with Crippen molar-refractivity contribution < 1.29 is 4.79 Å². The summed E-state index contributed by atoms with van der Waals surface area (Å²) < 4.78 is 0. The van der Waals surface area contributed by atoms with Crippen LogP contribution in [0.5, 0.6) is 0 Å². The van der Waals surface area contributed by atoms with E-state index in [1.165, 1.54) is 0 Å². The number of rotatable bonds is 5. The van der Waals surface area contributed by atoms with Crippen molar-refractivity contribution in [3.8, 4) is 0 Å². The zero-order valence-corrected chi connectivity index (χ0v) is 14.3. The molecule has 0 spiro atoms. The van der Waals surface area contributed by atoms with Gasteiger partial charge in [-0.15, -0.1) is 0 Å². The maximum atomic E-state index is 12.5. The number of pyridine rings is 1. The van der Waals surface area contributed by atoms with Crippen molar-refractivity contribution in [3.05, 3.63) is 76.7 Å². The van der Waals surface area contributed by atoms with E-state index in [1.54, 1.807) is 18.3 Å². The molecule has 0 unspecified atom stereocenters. The van der Waals surface area contributed by atoms with Crippen LogP contribution in [-0.2, 0) is 4.79 Å². The standard InChI is InChI=1S/C20H21N3O2/c1-23(2)18(14-6-4-3-5-7-14)13-19(24)22-16-8-9-17-15(12-16)10-11-21-20(17)25/h3-12,18H,13H2,1-2H3,(H,21,25)(H,22,24)/t18-/m0/s1. The number of hydrogen-bond acceptors (Lipinski definition) is 3. The number of anilines is 1. The maximum absolute atomic E-state index is 12.5. The van der Waals surface area contributed by atoms with E-state index in [1.807, 2.05) is 61.5 Å². The zero-order valence-electron chi connectivity index (χ0n) is 14.3. The van der Waals surface area contributed by atoms with Gasteiger partial charge in [0.1, 0.15) is 0 Å². The summed E-state index contributed by atoms with van der Waals surface area (Å²) in [6, 6.07) is 17.1. The van der Waals surface area contributed by atoms with Crippen molar-refractivity contribution in [2.24, 2.45) is 0 Å². The van der Waals surface area contributed by atoms with Crippen LogP contribution < -0.4 is 10.9 Å². The smallest absolute Gasteiger partial charge is 0.255 e. The van der Waals surface area contributed by atoms with E-state index in [2.05, 4.69) is 10.3 Å². The predicted molar refractivity (Wildman–Crippen MR) is 101 cm³/mol. The van der Waals surface area contributed by atoms with Gasteiger partial charge in [0.05, 0.1) is 0 Å². The van der Waals surface area contributed by atoms with Crippen LogP contribution in [0.25, 0.3) is 10.8 Å². The molecule has 0 fully saturated rings. The van der Waals surface area contributed by atoms with Crippen LogP contribution in [0.1, 0.15) is 18.0 Å². The normalized spacial score (nSPS) is 12.3. The van der Waals surface area contributed by atoms with E-state index in [-0.39, 0.29) is 17.5 Å². The highest BCUT2D eigenvalue weighted by atomic mass is 16.1. The average molecular weight is 335 g/mol. The number of H-pyrrole nitrogens is 1. The van der Waals surface area contributed by atoms with Gasteiger partial charge >= 0.3 is 0 Å². The molecule has 1 aromatic heterocycles. The molecule has 0 aliphatic rings. The minimum Gasteiger partial charge on any atom is -0.329 e. The van der Waals surface area contributed by atoms with E-state index >= 15 is 0 Å². The number of nitrogens with one attached hydrogen (secondary N) is 2. The van der Waals surface area contributed by atoms with E-state index < -0.39 is 0 Å². The van der Waals surface area contributed by atoms with Crippen molar-refractivity contribution in [2.45, 2.75) is 12.5 Å². The molecule has 2 aromatic carbocycles. The fourth-order valence-electron chi connectivity index (χ4n) is 2.93. The van der Waals surface area contributed by atoms with Crippen molar-refractivity contribution in [2.75, 3.05) is 19.4 Å². The molecule has 3 rings (SSSR count). The summed E-state index contributed by atoms with van der Waals surface area (Å²) in [5.74, 6) is -0.0632. The summed E-state index contributed by atoms with van der Waals surface area (Å²) in [6.07, 6.45) is 1.96. The second kappa shape index (κ2) is 7.32. The lowest BCUT2D eigenvalue weighted by atomic mass is 10.0. The fourth-order valence-corrected chi connectivity index (χ4v) is 2.93. The quantitative estimate of drug-likeness (QED) is 0.753. The molecule has 1 heterocycles. The molecule has 0 bridgehead atoms. The lowest BCUT2D eigenvalue weighted by Gasteiger charge is -2.24. The maximum Gasteiger partial charge on any atom is 0.255 e. The zero-order chi connectivity index (χ0) is 17.8. The molecule has 5 heteroatoms. The van der Waals surface area contributed by atoms with Crippen molar-refractivity contribution in [3.63, 3.8) is 0 Å². The Bertz CT molecular complexity index is 932. The van der Waals surface area contributed by atoms with E-state index in [4.69, 9.17) is 0 Å². The Kier molecular flexibility index (Phi) is 4.95. The van der Waals surface area contributed by atoms with Gasteiger partial charge in [0, 0.05) is 29.7 Å². The highest BCUT2D eigenvalue weighted by molar-refractivity contribution is 5.94. The van der Waals surface area contributed by atoms with E-state index in [0.717, 1.165) is 10.9 Å². The van der Waals surface area contributed by atoms with Gasteiger partial charge < -0.3 is 15.2 Å². The van der Waals surface area contributed by atoms with Gasteiger partial charge in [-0.2, -0.15) is 0 Å². The third kappa shape index (κ3) is 3.95. The second-order valence-corrected chi connectivity index (χ2v) is 6.25. The summed E-state index contributed by atoms with van der Waals surface area (Å²) in [5.41, 5.74) is 1.66. The van der Waals surface area contributed by atoms with Gasteiger partial charge in [-0.05, 0) is 49.3 Å². The molecule has 0 saturated heterocycles. The van der Waals surface area contributed by atoms with Crippen LogP contribution in [0.4, 0.5) is 5.69 Å². The Morgan fingerprint density at radius 3 is 2.60 bits per heavy atom. The number of benzene rings is 2. The first-order valence-corrected chi connectivity index (χ1v) is 8.17. The monoisotopic (exact) mass is 335 g/mol. The third-order valence-corrected chi connectivity index (χ3v) is 4.24. The van der Waals surface area contributed by atoms with E-state index in [9.17, 15) is 9.59 Å². The highest BCUT2D eigenvalue weighted by Crippen LogP contribution is 2.23. The lowest BCUT2D eigenvalue weighted by Crippen LogP contribution is -2.25. The topological polar surface area (TPSA) is 65.2 Å². The number of aromatic amines is 1. The molecule has 25 heavy (non-hydrogen) atoms. The Balaban J connectivity index is 1.76. The number of carbonyl (C=O) groups excluding carboxylic acids is 1. The number of fused-ring (bicyclic) bond motifs is 1. The molecule has 0 aliphatic carbocycles. The number of nitrogens with zero attached hydrogens (tertiary/aromatic N) is 1. The summed E-state index contributed by atoms with van der Waals surface area (Å²) in [5, 5.41) is 4.34. The molecule has 0 aliphatic heterocycles. The van der Waals surface area contributed by atoms with Gasteiger partial charge in [-0.1, -0.05) is 30.3 Å². The summed E-state index contributed by atoms with van der Waals surface area (Å²) in [4.78, 5) is 28.9. The first-order valence-electron chi connectivity index (χ1n) is 8.17. The summed E-state index contributed by atoms with van der Waals surface area (Å²) in [7, 11) is 3.93. The highest BCUT2D eigenvalue weighted by Gasteiger charge is 2.18. The SMILES string of the molecule is CN(C)[C@@H](CC(=O)Nc1ccc2c(=O)[nH]ccc2c1)c1ccccc1. The predicted octanol–water partition coefficient (Wildman–Crippen LogP) is 3.16. The van der Waals surface area contributed by atoms with Gasteiger partial charge in [-0.25, -0.2) is 0 Å². The van der Waals surface area contributed by atoms with Crippen molar-refractivity contribution in [1.29, 1.82) is 0 Å². The molecule has 2 N–H and O–H groups in total. The minimum absolute atomic E-state index is 0.00417. The van der Waals surface area contributed by atoms with Gasteiger partial charge in [0.2, 0.25) is 5.91 Å². The molecular weight excluding hydrogens is 314 g/mol. The Morgan fingerprint density at radius 1 is 1.12 bits per heavy atom.